The highest BCUT2D eigenvalue weighted by atomic mass is 35.5. The molecule has 9 heteroatoms. The van der Waals surface area contributed by atoms with Gasteiger partial charge in [-0.1, -0.05) is 11.6 Å². The van der Waals surface area contributed by atoms with E-state index in [-0.39, 0.29) is 11.7 Å². The number of halogens is 4. The molecule has 1 fully saturated rings. The fourth-order valence-corrected chi connectivity index (χ4v) is 3.37. The Morgan fingerprint density at radius 1 is 1.38 bits per heavy atom. The fourth-order valence-electron chi connectivity index (χ4n) is 3.02. The molecular formula is C15H22ClF3N4O. The molecule has 0 aliphatic carbocycles. The molecule has 1 unspecified atom stereocenters. The highest BCUT2D eigenvalue weighted by Gasteiger charge is 2.41. The third-order valence-electron chi connectivity index (χ3n) is 4.26. The number of likely N-dealkylation sites (tertiary alicyclic amines) is 1. The first kappa shape index (κ1) is 19.1. The summed E-state index contributed by atoms with van der Waals surface area (Å²) in [6.07, 6.45) is -1.21. The van der Waals surface area contributed by atoms with Crippen molar-refractivity contribution in [2.75, 3.05) is 27.2 Å². The number of amides is 1. The maximum atomic E-state index is 12.9. The smallest absolute Gasteiger partial charge is 0.334 e. The summed E-state index contributed by atoms with van der Waals surface area (Å²) in [5.41, 5.74) is -1.40. The van der Waals surface area contributed by atoms with Crippen LogP contribution < -0.4 is 0 Å². The monoisotopic (exact) mass is 366 g/mol. The van der Waals surface area contributed by atoms with Crippen molar-refractivity contribution in [2.45, 2.75) is 37.9 Å². The molecule has 1 aromatic heterocycles. The van der Waals surface area contributed by atoms with Crippen molar-refractivity contribution in [1.82, 2.24) is 19.6 Å². The number of carbonyl (C=O) groups excluding carboxylic acids is 1. The molecule has 1 amide bonds. The Labute approximate surface area is 144 Å². The minimum atomic E-state index is -4.68. The van der Waals surface area contributed by atoms with Crippen LogP contribution in [0, 0.1) is 0 Å². The van der Waals surface area contributed by atoms with Gasteiger partial charge in [-0.2, -0.15) is 18.3 Å². The molecule has 5 nitrogen and oxygen atoms in total. The first-order chi connectivity index (χ1) is 11.1. The molecular weight excluding hydrogens is 345 g/mol. The topological polar surface area (TPSA) is 41.4 Å². The van der Waals surface area contributed by atoms with E-state index in [4.69, 9.17) is 11.6 Å². The number of aromatic nitrogens is 2. The number of alkyl halides is 3. The molecule has 0 spiro atoms. The summed E-state index contributed by atoms with van der Waals surface area (Å²) in [5, 5.41) is 2.78. The first-order valence-electron chi connectivity index (χ1n) is 7.88. The third-order valence-corrected chi connectivity index (χ3v) is 4.62. The van der Waals surface area contributed by atoms with Crippen molar-refractivity contribution in [3.63, 3.8) is 0 Å². The van der Waals surface area contributed by atoms with Gasteiger partial charge in [0.1, 0.15) is 10.7 Å². The molecule has 1 aliphatic rings. The molecule has 2 rings (SSSR count). The van der Waals surface area contributed by atoms with Crippen LogP contribution in [0.15, 0.2) is 0 Å². The molecule has 1 saturated heterocycles. The van der Waals surface area contributed by atoms with E-state index in [1.807, 2.05) is 19.0 Å². The van der Waals surface area contributed by atoms with Crippen LogP contribution in [-0.2, 0) is 13.2 Å². The lowest BCUT2D eigenvalue weighted by molar-refractivity contribution is -0.141. The SMILES string of the molecule is CN(C)CCC1CCCCN1C(=O)c1c(Cl)c(C(F)(F)F)nn1C. The van der Waals surface area contributed by atoms with Crippen LogP contribution in [0.25, 0.3) is 0 Å². The minimum Gasteiger partial charge on any atom is -0.334 e. The van der Waals surface area contributed by atoms with Gasteiger partial charge < -0.3 is 9.80 Å². The van der Waals surface area contributed by atoms with E-state index in [9.17, 15) is 18.0 Å². The predicted molar refractivity (Wildman–Crippen MR) is 85.1 cm³/mol. The third kappa shape index (κ3) is 4.03. The van der Waals surface area contributed by atoms with Crippen LogP contribution >= 0.6 is 11.6 Å². The number of aryl methyl sites for hydroxylation is 1. The highest BCUT2D eigenvalue weighted by Crippen LogP contribution is 2.36. The second-order valence-electron chi connectivity index (χ2n) is 6.37. The Hall–Kier alpha value is -1.28. The zero-order valence-corrected chi connectivity index (χ0v) is 14.8. The van der Waals surface area contributed by atoms with E-state index in [0.29, 0.717) is 6.54 Å². The molecule has 1 aliphatic heterocycles. The van der Waals surface area contributed by atoms with Gasteiger partial charge >= 0.3 is 6.18 Å². The van der Waals surface area contributed by atoms with E-state index in [0.717, 1.165) is 36.9 Å². The largest absolute Gasteiger partial charge is 0.436 e. The number of hydrogen-bond acceptors (Lipinski definition) is 3. The lowest BCUT2D eigenvalue weighted by Crippen LogP contribution is -2.45. The molecule has 0 radical (unpaired) electrons. The maximum absolute atomic E-state index is 12.9. The van der Waals surface area contributed by atoms with Gasteiger partial charge in [-0.05, 0) is 46.3 Å². The van der Waals surface area contributed by atoms with Crippen molar-refractivity contribution in [3.8, 4) is 0 Å². The van der Waals surface area contributed by atoms with Gasteiger partial charge in [0.05, 0.1) is 0 Å². The quantitative estimate of drug-likeness (QED) is 0.822. The summed E-state index contributed by atoms with van der Waals surface area (Å²) in [6.45, 7) is 1.33. The Morgan fingerprint density at radius 2 is 2.04 bits per heavy atom. The number of rotatable bonds is 4. The maximum Gasteiger partial charge on any atom is 0.436 e. The van der Waals surface area contributed by atoms with Gasteiger partial charge in [-0.15, -0.1) is 0 Å². The molecule has 0 bridgehead atoms. The molecule has 24 heavy (non-hydrogen) atoms. The lowest BCUT2D eigenvalue weighted by atomic mass is 9.98. The summed E-state index contributed by atoms with van der Waals surface area (Å²) < 4.78 is 39.8. The summed E-state index contributed by atoms with van der Waals surface area (Å²) >= 11 is 5.84. The van der Waals surface area contributed by atoms with Gasteiger partial charge in [0.25, 0.3) is 5.91 Å². The zero-order valence-electron chi connectivity index (χ0n) is 14.0. The summed E-state index contributed by atoms with van der Waals surface area (Å²) in [7, 11) is 5.21. The van der Waals surface area contributed by atoms with Gasteiger partial charge in [-0.25, -0.2) is 0 Å². The summed E-state index contributed by atoms with van der Waals surface area (Å²) in [4.78, 5) is 16.5. The van der Waals surface area contributed by atoms with Crippen LogP contribution in [0.5, 0.6) is 0 Å². The fraction of sp³-hybridized carbons (Fsp3) is 0.733. The average Bonchev–Trinajstić information content (AvgIpc) is 2.80. The van der Waals surface area contributed by atoms with Crippen molar-refractivity contribution >= 4 is 17.5 Å². The van der Waals surface area contributed by atoms with E-state index >= 15 is 0 Å². The number of piperidine rings is 1. The highest BCUT2D eigenvalue weighted by molar-refractivity contribution is 6.34. The molecule has 0 saturated carbocycles. The van der Waals surface area contributed by atoms with Crippen molar-refractivity contribution < 1.29 is 18.0 Å². The van der Waals surface area contributed by atoms with Crippen molar-refractivity contribution in [1.29, 1.82) is 0 Å². The van der Waals surface area contributed by atoms with Gasteiger partial charge in [0.2, 0.25) is 0 Å². The van der Waals surface area contributed by atoms with Gasteiger partial charge in [0.15, 0.2) is 5.69 Å². The van der Waals surface area contributed by atoms with E-state index in [2.05, 4.69) is 5.10 Å². The number of hydrogen-bond donors (Lipinski definition) is 0. The van der Waals surface area contributed by atoms with Gasteiger partial charge in [-0.3, -0.25) is 9.48 Å². The second-order valence-corrected chi connectivity index (χ2v) is 6.75. The van der Waals surface area contributed by atoms with E-state index < -0.39 is 22.8 Å². The molecule has 2 heterocycles. The van der Waals surface area contributed by atoms with Crippen LogP contribution in [0.1, 0.15) is 41.9 Å². The number of nitrogens with zero attached hydrogens (tertiary/aromatic N) is 4. The average molecular weight is 367 g/mol. The Bertz CT molecular complexity index is 600. The molecule has 136 valence electrons. The molecule has 1 atom stereocenters. The second kappa shape index (κ2) is 7.31. The lowest BCUT2D eigenvalue weighted by Gasteiger charge is -2.36. The Kier molecular flexibility index (Phi) is 5.80. The Morgan fingerprint density at radius 3 is 2.58 bits per heavy atom. The van der Waals surface area contributed by atoms with E-state index in [1.165, 1.54) is 7.05 Å². The van der Waals surface area contributed by atoms with Crippen LogP contribution in [0.4, 0.5) is 13.2 Å². The molecule has 0 aromatic carbocycles. The standard InChI is InChI=1S/C15H22ClF3N4O/c1-21(2)9-7-10-6-4-5-8-23(10)14(24)12-11(16)13(15(17,18)19)20-22(12)3/h10H,4-9H2,1-3H3. The normalized spacial score (nSPS) is 19.2. The summed E-state index contributed by atoms with van der Waals surface area (Å²) in [6, 6.07) is 0.00829. The zero-order chi connectivity index (χ0) is 18.1. The molecule has 1 aromatic rings. The van der Waals surface area contributed by atoms with E-state index in [1.54, 1.807) is 4.90 Å². The van der Waals surface area contributed by atoms with Crippen LogP contribution in [0.2, 0.25) is 5.02 Å². The van der Waals surface area contributed by atoms with Crippen LogP contribution in [0.3, 0.4) is 0 Å². The minimum absolute atomic E-state index is 0.00829. The summed E-state index contributed by atoms with van der Waals surface area (Å²) in [5.74, 6) is -0.478. The van der Waals surface area contributed by atoms with Crippen molar-refractivity contribution in [2.24, 2.45) is 7.05 Å². The molecule has 0 N–H and O–H groups in total. The van der Waals surface area contributed by atoms with Gasteiger partial charge in [0, 0.05) is 19.6 Å². The van der Waals surface area contributed by atoms with Crippen LogP contribution in [-0.4, -0.2) is 58.7 Å². The first-order valence-corrected chi connectivity index (χ1v) is 8.26. The van der Waals surface area contributed by atoms with Crippen molar-refractivity contribution in [3.05, 3.63) is 16.4 Å². The predicted octanol–water partition coefficient (Wildman–Crippen LogP) is 3.04. The number of carbonyl (C=O) groups is 1. The Balaban J connectivity index is 2.27.